The monoisotopic (exact) mass is 488 g/mol. The van der Waals surface area contributed by atoms with Gasteiger partial charge in [-0.2, -0.15) is 0 Å². The number of amides is 1. The van der Waals surface area contributed by atoms with E-state index in [1.165, 1.54) is 24.1 Å². The third-order valence-corrected chi connectivity index (χ3v) is 6.51. The summed E-state index contributed by atoms with van der Waals surface area (Å²) in [5.41, 5.74) is 2.81. The number of carbonyl (C=O) groups excluding carboxylic acids is 2. The zero-order valence-electron chi connectivity index (χ0n) is 20.6. The fourth-order valence-electron chi connectivity index (χ4n) is 4.54. The van der Waals surface area contributed by atoms with Crippen LogP contribution in [0.5, 0.6) is 5.75 Å². The van der Waals surface area contributed by atoms with Crippen LogP contribution in [0, 0.1) is 5.82 Å². The van der Waals surface area contributed by atoms with E-state index in [1.807, 2.05) is 24.3 Å². The van der Waals surface area contributed by atoms with Gasteiger partial charge in [0.2, 0.25) is 0 Å². The van der Waals surface area contributed by atoms with E-state index in [1.54, 1.807) is 36.4 Å². The first-order valence-corrected chi connectivity index (χ1v) is 11.9. The van der Waals surface area contributed by atoms with Gasteiger partial charge in [-0.1, -0.05) is 24.3 Å². The third-order valence-electron chi connectivity index (χ3n) is 6.51. The van der Waals surface area contributed by atoms with Crippen LogP contribution in [0.1, 0.15) is 36.6 Å². The number of likely N-dealkylation sites (tertiary alicyclic amines) is 1. The van der Waals surface area contributed by atoms with Gasteiger partial charge < -0.3 is 19.6 Å². The van der Waals surface area contributed by atoms with E-state index < -0.39 is 17.7 Å². The number of ether oxygens (including phenoxy) is 1. The first-order chi connectivity index (χ1) is 17.4. The van der Waals surface area contributed by atoms with Crippen LogP contribution >= 0.6 is 0 Å². The van der Waals surface area contributed by atoms with Gasteiger partial charge in [0.1, 0.15) is 17.3 Å². The van der Waals surface area contributed by atoms with Crippen molar-refractivity contribution in [3.05, 3.63) is 101 Å². The standard InChI is InChI=1S/C29H29FN2O4/c1-4-31(5-2)23-14-8-20(9-15-23)26-25(27(33)21-10-16-24(36-3)17-11-21)28(34)29(35)32(26)18-19-6-12-22(30)13-7-19/h6-17,26,33H,4-5,18H2,1-3H3/b27-25-. The lowest BCUT2D eigenvalue weighted by Gasteiger charge is -2.27. The zero-order chi connectivity index (χ0) is 25.8. The number of carbonyl (C=O) groups is 2. The SMILES string of the molecule is CCN(CC)c1ccc(C2/C(=C(/O)c3ccc(OC)cc3)C(=O)C(=O)N2Cc2ccc(F)cc2)cc1. The van der Waals surface area contributed by atoms with Crippen LogP contribution in [0.4, 0.5) is 10.1 Å². The van der Waals surface area contributed by atoms with Crippen molar-refractivity contribution in [3.8, 4) is 5.75 Å². The summed E-state index contributed by atoms with van der Waals surface area (Å²) in [5.74, 6) is -1.51. The number of aliphatic hydroxyl groups is 1. The summed E-state index contributed by atoms with van der Waals surface area (Å²) < 4.78 is 18.6. The molecule has 36 heavy (non-hydrogen) atoms. The summed E-state index contributed by atoms with van der Waals surface area (Å²) in [7, 11) is 1.54. The average Bonchev–Trinajstić information content (AvgIpc) is 3.15. The van der Waals surface area contributed by atoms with Gasteiger partial charge >= 0.3 is 0 Å². The van der Waals surface area contributed by atoms with Gasteiger partial charge in [0.05, 0.1) is 18.7 Å². The Morgan fingerprint density at radius 3 is 2.11 bits per heavy atom. The lowest BCUT2D eigenvalue weighted by Crippen LogP contribution is -2.29. The number of Topliss-reactive ketones (excluding diaryl/α,β-unsaturated/α-hetero) is 1. The van der Waals surface area contributed by atoms with Crippen LogP contribution < -0.4 is 9.64 Å². The molecule has 0 aliphatic carbocycles. The van der Waals surface area contributed by atoms with Gasteiger partial charge in [0, 0.05) is 30.9 Å². The van der Waals surface area contributed by atoms with Crippen molar-refractivity contribution in [3.63, 3.8) is 0 Å². The summed E-state index contributed by atoms with van der Waals surface area (Å²) in [6.07, 6.45) is 0. The van der Waals surface area contributed by atoms with E-state index in [-0.39, 0.29) is 23.7 Å². The number of aliphatic hydroxyl groups excluding tert-OH is 1. The number of methoxy groups -OCH3 is 1. The topological polar surface area (TPSA) is 70.1 Å². The van der Waals surface area contributed by atoms with Gasteiger partial charge in [-0.25, -0.2) is 4.39 Å². The number of ketones is 1. The second-order valence-electron chi connectivity index (χ2n) is 8.55. The molecule has 1 atom stereocenters. The maximum Gasteiger partial charge on any atom is 0.295 e. The van der Waals surface area contributed by atoms with Crippen molar-refractivity contribution < 1.29 is 23.8 Å². The molecule has 1 heterocycles. The van der Waals surface area contributed by atoms with Gasteiger partial charge in [0.15, 0.2) is 0 Å². The summed E-state index contributed by atoms with van der Waals surface area (Å²) >= 11 is 0. The lowest BCUT2D eigenvalue weighted by molar-refractivity contribution is -0.140. The molecule has 0 radical (unpaired) electrons. The minimum Gasteiger partial charge on any atom is -0.507 e. The number of nitrogens with zero attached hydrogens (tertiary/aromatic N) is 2. The van der Waals surface area contributed by atoms with Crippen LogP contribution in [-0.2, 0) is 16.1 Å². The van der Waals surface area contributed by atoms with Gasteiger partial charge in [-0.05, 0) is 73.5 Å². The second kappa shape index (κ2) is 10.6. The first-order valence-electron chi connectivity index (χ1n) is 11.9. The molecular weight excluding hydrogens is 459 g/mol. The van der Waals surface area contributed by atoms with Gasteiger partial charge in [0.25, 0.3) is 11.7 Å². The van der Waals surface area contributed by atoms with E-state index in [0.29, 0.717) is 22.4 Å². The fourth-order valence-corrected chi connectivity index (χ4v) is 4.54. The number of halogens is 1. The van der Waals surface area contributed by atoms with Crippen molar-refractivity contribution in [1.29, 1.82) is 0 Å². The van der Waals surface area contributed by atoms with E-state index in [0.717, 1.165) is 18.8 Å². The molecule has 1 saturated heterocycles. The summed E-state index contributed by atoms with van der Waals surface area (Å²) in [4.78, 5) is 30.1. The maximum atomic E-state index is 13.5. The van der Waals surface area contributed by atoms with Crippen LogP contribution in [0.3, 0.4) is 0 Å². The maximum absolute atomic E-state index is 13.5. The molecule has 0 aromatic heterocycles. The third kappa shape index (κ3) is 4.82. The highest BCUT2D eigenvalue weighted by Crippen LogP contribution is 2.41. The van der Waals surface area contributed by atoms with Gasteiger partial charge in [-0.3, -0.25) is 9.59 Å². The fraction of sp³-hybridized carbons (Fsp3) is 0.241. The second-order valence-corrected chi connectivity index (χ2v) is 8.55. The van der Waals surface area contributed by atoms with E-state index in [9.17, 15) is 19.1 Å². The van der Waals surface area contributed by atoms with Crippen molar-refractivity contribution in [2.75, 3.05) is 25.1 Å². The van der Waals surface area contributed by atoms with E-state index >= 15 is 0 Å². The molecule has 1 amide bonds. The Balaban J connectivity index is 1.81. The Labute approximate surface area is 210 Å². The average molecular weight is 489 g/mol. The molecule has 0 spiro atoms. The highest BCUT2D eigenvalue weighted by Gasteiger charge is 2.46. The Morgan fingerprint density at radius 2 is 1.56 bits per heavy atom. The number of benzene rings is 3. The Hall–Kier alpha value is -4.13. The molecule has 1 N–H and O–H groups in total. The molecule has 1 unspecified atom stereocenters. The summed E-state index contributed by atoms with van der Waals surface area (Å²) in [5, 5.41) is 11.2. The molecule has 3 aromatic rings. The smallest absolute Gasteiger partial charge is 0.295 e. The summed E-state index contributed by atoms with van der Waals surface area (Å²) in [6.45, 7) is 5.92. The van der Waals surface area contributed by atoms with Crippen LogP contribution in [0.15, 0.2) is 78.4 Å². The molecule has 186 valence electrons. The molecule has 0 bridgehead atoms. The Kier molecular flexibility index (Phi) is 7.38. The highest BCUT2D eigenvalue weighted by atomic mass is 19.1. The molecule has 7 heteroatoms. The predicted molar refractivity (Wildman–Crippen MR) is 137 cm³/mol. The normalized spacial score (nSPS) is 16.9. The largest absolute Gasteiger partial charge is 0.507 e. The predicted octanol–water partition coefficient (Wildman–Crippen LogP) is 5.30. The summed E-state index contributed by atoms with van der Waals surface area (Å²) in [6, 6.07) is 19.3. The minimum absolute atomic E-state index is 0.0165. The molecule has 3 aromatic carbocycles. The number of rotatable bonds is 8. The van der Waals surface area contributed by atoms with Crippen molar-refractivity contribution >= 4 is 23.1 Å². The molecular formula is C29H29FN2O4. The van der Waals surface area contributed by atoms with Crippen molar-refractivity contribution in [2.24, 2.45) is 0 Å². The molecule has 1 aliphatic heterocycles. The van der Waals surface area contributed by atoms with Crippen LogP contribution in [0.25, 0.3) is 5.76 Å². The molecule has 4 rings (SSSR count). The number of anilines is 1. The van der Waals surface area contributed by atoms with Gasteiger partial charge in [-0.15, -0.1) is 0 Å². The van der Waals surface area contributed by atoms with Crippen LogP contribution in [0.2, 0.25) is 0 Å². The van der Waals surface area contributed by atoms with E-state index in [2.05, 4.69) is 18.7 Å². The van der Waals surface area contributed by atoms with E-state index in [4.69, 9.17) is 4.74 Å². The number of hydrogen-bond donors (Lipinski definition) is 1. The lowest BCUT2D eigenvalue weighted by atomic mass is 9.95. The minimum atomic E-state index is -0.803. The van der Waals surface area contributed by atoms with Crippen molar-refractivity contribution in [1.82, 2.24) is 4.90 Å². The molecule has 1 aliphatic rings. The number of hydrogen-bond acceptors (Lipinski definition) is 5. The highest BCUT2D eigenvalue weighted by molar-refractivity contribution is 6.46. The quantitative estimate of drug-likeness (QED) is 0.265. The first kappa shape index (κ1) is 25.0. The molecule has 1 fully saturated rings. The Bertz CT molecular complexity index is 1260. The van der Waals surface area contributed by atoms with Crippen molar-refractivity contribution in [2.45, 2.75) is 26.4 Å². The molecule has 0 saturated carbocycles. The van der Waals surface area contributed by atoms with Crippen LogP contribution in [-0.4, -0.2) is 41.9 Å². The Morgan fingerprint density at radius 1 is 0.944 bits per heavy atom. The molecule has 6 nitrogen and oxygen atoms in total. The zero-order valence-corrected chi connectivity index (χ0v) is 20.6.